The minimum Gasteiger partial charge on any atom is -0.493 e. The van der Waals surface area contributed by atoms with Crippen LogP contribution >= 0.6 is 7.82 Å². The molecule has 0 spiro atoms. The van der Waals surface area contributed by atoms with Crippen molar-refractivity contribution in [2.75, 3.05) is 13.7 Å². The van der Waals surface area contributed by atoms with E-state index in [1.165, 1.54) is 24.2 Å². The van der Waals surface area contributed by atoms with E-state index >= 15 is 4.39 Å². The van der Waals surface area contributed by atoms with Gasteiger partial charge >= 0.3 is 13.5 Å². The normalized spacial score (nSPS) is 33.1. The first kappa shape index (κ1) is 20.0. The summed E-state index contributed by atoms with van der Waals surface area (Å²) in [4.78, 5) is 24.7. The zero-order chi connectivity index (χ0) is 25.1. The monoisotopic (exact) mass is 480 g/mol. The molecule has 0 radical (unpaired) electrons. The Kier molecular flexibility index (Phi) is 5.05. The van der Waals surface area contributed by atoms with Gasteiger partial charge in [-0.2, -0.15) is 4.39 Å². The summed E-state index contributed by atoms with van der Waals surface area (Å²) < 4.78 is 83.0. The van der Waals surface area contributed by atoms with Crippen molar-refractivity contribution in [2.24, 2.45) is 0 Å². The molecule has 1 saturated heterocycles. The molecule has 1 aromatic carbocycles. The molecule has 174 valence electrons. The number of fused-ring (bicyclic) bond motifs is 1. The third-order valence-corrected chi connectivity index (χ3v) is 5.81. The molecule has 5 atom stereocenters. The molecule has 2 aromatic rings. The summed E-state index contributed by atoms with van der Waals surface area (Å²) in [5.41, 5.74) is -2.42. The lowest BCUT2D eigenvalue weighted by Gasteiger charge is -2.28. The number of halogens is 2. The van der Waals surface area contributed by atoms with Crippen molar-refractivity contribution < 1.29 is 49.3 Å². The molecule has 2 aliphatic rings. The molecule has 0 saturated carbocycles. The topological polar surface area (TPSA) is 159 Å². The van der Waals surface area contributed by atoms with Crippen LogP contribution in [0.4, 0.5) is 8.78 Å². The van der Waals surface area contributed by atoms with Gasteiger partial charge in [-0.05, 0) is 6.07 Å². The molecular formula is C17H17F2N2O10P. The lowest BCUT2D eigenvalue weighted by Crippen LogP contribution is -2.43. The van der Waals surface area contributed by atoms with Crippen molar-refractivity contribution in [1.82, 2.24) is 9.55 Å². The van der Waals surface area contributed by atoms with Crippen LogP contribution in [0.5, 0.6) is 11.5 Å². The van der Waals surface area contributed by atoms with E-state index < -0.39 is 62.3 Å². The molecule has 0 bridgehead atoms. The second-order valence-electron chi connectivity index (χ2n) is 6.69. The number of ether oxygens (including phenoxy) is 2. The molecule has 3 heterocycles. The molecule has 1 fully saturated rings. The summed E-state index contributed by atoms with van der Waals surface area (Å²) >= 11 is 0. The summed E-state index contributed by atoms with van der Waals surface area (Å²) in [5, 5.41) is 20.4. The average Bonchev–Trinajstić information content (AvgIpc) is 3.00. The van der Waals surface area contributed by atoms with E-state index in [-0.39, 0.29) is 22.3 Å². The number of rotatable bonds is 5. The molecule has 4 rings (SSSR count). The lowest BCUT2D eigenvalue weighted by atomic mass is 10.1. The van der Waals surface area contributed by atoms with Gasteiger partial charge in [-0.3, -0.25) is 23.4 Å². The number of phosphoric ester groups is 1. The maximum Gasteiger partial charge on any atom is 0.530 e. The molecule has 12 nitrogen and oxygen atoms in total. The van der Waals surface area contributed by atoms with Crippen LogP contribution in [0.15, 0.2) is 34.0 Å². The van der Waals surface area contributed by atoms with Gasteiger partial charge in [-0.15, -0.1) is 0 Å². The maximum absolute atomic E-state index is 15.7. The van der Waals surface area contributed by atoms with Crippen LogP contribution in [-0.4, -0.2) is 51.5 Å². The number of phosphoric acid groups is 1. The highest BCUT2D eigenvalue weighted by Gasteiger charge is 2.57. The first-order valence-corrected chi connectivity index (χ1v) is 10.3. The second-order valence-corrected chi connectivity index (χ2v) is 8.20. The number of H-pyrrole nitrogens is 1. The van der Waals surface area contributed by atoms with E-state index in [0.29, 0.717) is 5.56 Å². The minimum atomic E-state index is -4.91. The first-order valence-electron chi connectivity index (χ1n) is 9.86. The van der Waals surface area contributed by atoms with Gasteiger partial charge in [0.25, 0.3) is 11.4 Å². The molecule has 0 amide bonds. The lowest BCUT2D eigenvalue weighted by molar-refractivity contribution is -0.205. The van der Waals surface area contributed by atoms with E-state index in [9.17, 15) is 28.8 Å². The molecular weight excluding hydrogens is 461 g/mol. The number of para-hydroxylation sites is 1. The van der Waals surface area contributed by atoms with Crippen LogP contribution < -0.4 is 20.5 Å². The van der Waals surface area contributed by atoms with Crippen LogP contribution in [0.1, 0.15) is 14.5 Å². The van der Waals surface area contributed by atoms with E-state index in [1.54, 1.807) is 6.07 Å². The third kappa shape index (κ3) is 3.85. The van der Waals surface area contributed by atoms with Crippen molar-refractivity contribution >= 4 is 7.82 Å². The molecule has 1 aromatic heterocycles. The van der Waals surface area contributed by atoms with Crippen molar-refractivity contribution in [3.05, 3.63) is 56.6 Å². The van der Waals surface area contributed by atoms with Gasteiger partial charge < -0.3 is 24.2 Å². The molecule has 15 heteroatoms. The number of nitrogens with one attached hydrogen (secondary N) is 1. The highest BCUT2D eigenvalue weighted by molar-refractivity contribution is 7.49. The number of aliphatic hydroxyl groups is 2. The van der Waals surface area contributed by atoms with Crippen molar-refractivity contribution in [3.63, 3.8) is 0 Å². The Hall–Kier alpha value is -2.61. The summed E-state index contributed by atoms with van der Waals surface area (Å²) in [6, 6.07) is 4.54. The fourth-order valence-electron chi connectivity index (χ4n) is 3.04. The van der Waals surface area contributed by atoms with E-state index in [0.717, 1.165) is 0 Å². The van der Waals surface area contributed by atoms with Crippen molar-refractivity contribution in [3.8, 4) is 11.5 Å². The standard InChI is InChI=1S/C17H17F2N2O10P/c1-27-10-4-2-3-8-6-28-32(26,31-12(8)10)29-7-17(19)13(23)11(22)15(30-17)21-5-9(18)14(24)20-16(21)25/h2-5,11,13,15,22-23H,6-7H2,1H3,(H,20,24,25)/t11-,13+,15-,17-,32?/m1/s1/i7D2. The fourth-order valence-corrected chi connectivity index (χ4v) is 4.14. The van der Waals surface area contributed by atoms with Crippen LogP contribution in [0, 0.1) is 5.82 Å². The summed E-state index contributed by atoms with van der Waals surface area (Å²) in [5.74, 6) is -5.52. The van der Waals surface area contributed by atoms with Crippen LogP contribution in [0.2, 0.25) is 0 Å². The summed E-state index contributed by atoms with van der Waals surface area (Å²) in [6.07, 6.45) is -7.05. The Labute approximate surface area is 180 Å². The Bertz CT molecular complexity index is 1280. The number of benzene rings is 1. The van der Waals surface area contributed by atoms with Crippen molar-refractivity contribution in [1.29, 1.82) is 0 Å². The minimum absolute atomic E-state index is 0.0901. The number of methoxy groups -OCH3 is 1. The number of hydrogen-bond acceptors (Lipinski definition) is 10. The quantitative estimate of drug-likeness (QED) is 0.510. The maximum atomic E-state index is 15.7. The van der Waals surface area contributed by atoms with Gasteiger partial charge in [-0.1, -0.05) is 12.1 Å². The zero-order valence-electron chi connectivity index (χ0n) is 18.1. The number of aromatic amines is 1. The zero-order valence-corrected chi connectivity index (χ0v) is 17.0. The number of aromatic nitrogens is 2. The van der Waals surface area contributed by atoms with Crippen LogP contribution in [0.3, 0.4) is 0 Å². The Balaban J connectivity index is 1.64. The van der Waals surface area contributed by atoms with E-state index in [2.05, 4.69) is 4.52 Å². The Morgan fingerprint density at radius 2 is 2.19 bits per heavy atom. The summed E-state index contributed by atoms with van der Waals surface area (Å²) in [7, 11) is -3.63. The SMILES string of the molecule is [2H]C([2H])(OP1(=O)OCc2cccc(OC)c2O1)[C@@]1(F)O[C@@H](n2cc(F)c(=O)[nH]c2=O)[C@H](O)[C@@H]1O. The average molecular weight is 480 g/mol. The molecule has 2 aliphatic heterocycles. The predicted octanol–water partition coefficient (Wildman–Crippen LogP) is 0.335. The van der Waals surface area contributed by atoms with Gasteiger partial charge in [0.15, 0.2) is 17.7 Å². The van der Waals surface area contributed by atoms with Gasteiger partial charge in [-0.25, -0.2) is 13.8 Å². The largest absolute Gasteiger partial charge is 0.530 e. The molecule has 3 N–H and O–H groups in total. The van der Waals surface area contributed by atoms with E-state index in [1.807, 2.05) is 0 Å². The highest BCUT2D eigenvalue weighted by atomic mass is 31.2. The van der Waals surface area contributed by atoms with Crippen LogP contribution in [0.25, 0.3) is 0 Å². The van der Waals surface area contributed by atoms with Gasteiger partial charge in [0.2, 0.25) is 5.82 Å². The van der Waals surface area contributed by atoms with Gasteiger partial charge in [0, 0.05) is 5.56 Å². The second kappa shape index (κ2) is 8.06. The van der Waals surface area contributed by atoms with Gasteiger partial charge in [0.1, 0.15) is 18.8 Å². The Morgan fingerprint density at radius 3 is 2.91 bits per heavy atom. The third-order valence-electron chi connectivity index (χ3n) is 4.65. The predicted molar refractivity (Wildman–Crippen MR) is 99.2 cm³/mol. The first-order chi connectivity index (χ1) is 15.8. The van der Waals surface area contributed by atoms with Crippen molar-refractivity contribution in [2.45, 2.75) is 30.9 Å². The van der Waals surface area contributed by atoms with E-state index in [4.69, 9.17) is 21.3 Å². The highest BCUT2D eigenvalue weighted by Crippen LogP contribution is 2.57. The number of alkyl halides is 1. The number of hydrogen-bond donors (Lipinski definition) is 3. The fraction of sp³-hybridized carbons (Fsp3) is 0.412. The molecule has 32 heavy (non-hydrogen) atoms. The Morgan fingerprint density at radius 1 is 1.44 bits per heavy atom. The number of nitrogens with zero attached hydrogens (tertiary/aromatic N) is 1. The van der Waals surface area contributed by atoms with Gasteiger partial charge in [0.05, 0.1) is 22.7 Å². The summed E-state index contributed by atoms with van der Waals surface area (Å²) in [6.45, 7) is -4.23. The number of aliphatic hydroxyl groups excluding tert-OH is 2. The smallest absolute Gasteiger partial charge is 0.493 e. The molecule has 0 aliphatic carbocycles. The molecule has 1 unspecified atom stereocenters. The van der Waals surface area contributed by atoms with Crippen LogP contribution in [-0.2, 0) is 25.0 Å².